The lowest BCUT2D eigenvalue weighted by Gasteiger charge is -1.93. The Balaban J connectivity index is 3.04. The van der Waals surface area contributed by atoms with Crippen LogP contribution in [0.1, 0.15) is 5.56 Å². The molecule has 0 radical (unpaired) electrons. The number of hydrogen-bond donors (Lipinski definition) is 0. The van der Waals surface area contributed by atoms with Gasteiger partial charge >= 0.3 is 10.2 Å². The lowest BCUT2D eigenvalue weighted by atomic mass is 10.2. The highest BCUT2D eigenvalue weighted by atomic mass is 79.9. The second kappa shape index (κ2) is 4.02. The van der Waals surface area contributed by atoms with E-state index in [9.17, 15) is 12.3 Å². The van der Waals surface area contributed by atoms with Crippen LogP contribution >= 0.6 is 15.9 Å². The molecule has 0 aliphatic heterocycles. The molecule has 0 saturated carbocycles. The fourth-order valence-corrected chi connectivity index (χ4v) is 1.29. The van der Waals surface area contributed by atoms with Crippen molar-refractivity contribution in [2.75, 3.05) is 0 Å². The van der Waals surface area contributed by atoms with Gasteiger partial charge in [-0.1, -0.05) is 34.2 Å². The summed E-state index contributed by atoms with van der Waals surface area (Å²) >= 11 is 2.63. The van der Waals surface area contributed by atoms with Gasteiger partial charge in [0.25, 0.3) is 0 Å². The second-order valence-electron chi connectivity index (χ2n) is 2.30. The molecule has 1 aromatic carbocycles. The Hall–Kier alpha value is -0.680. The first-order chi connectivity index (χ1) is 6.00. The van der Waals surface area contributed by atoms with E-state index in [1.54, 1.807) is 30.3 Å². The van der Waals surface area contributed by atoms with Crippen LogP contribution in [0.4, 0.5) is 3.89 Å². The molecule has 5 heteroatoms. The summed E-state index contributed by atoms with van der Waals surface area (Å²) in [7, 11) is -4.62. The van der Waals surface area contributed by atoms with Crippen LogP contribution < -0.4 is 0 Å². The van der Waals surface area contributed by atoms with Crippen LogP contribution in [-0.4, -0.2) is 8.42 Å². The predicted molar refractivity (Wildman–Crippen MR) is 53.4 cm³/mol. The highest BCUT2D eigenvalue weighted by molar-refractivity contribution is 9.13. The molecule has 0 aliphatic carbocycles. The van der Waals surface area contributed by atoms with E-state index in [2.05, 4.69) is 15.9 Å². The van der Waals surface area contributed by atoms with Crippen molar-refractivity contribution in [1.82, 2.24) is 0 Å². The molecular weight excluding hydrogens is 259 g/mol. The van der Waals surface area contributed by atoms with Crippen LogP contribution in [0.15, 0.2) is 34.1 Å². The summed E-state index contributed by atoms with van der Waals surface area (Å²) in [4.78, 5) is 0. The molecular formula is C8H6BrFO2S. The maximum atomic E-state index is 12.3. The zero-order valence-corrected chi connectivity index (χ0v) is 8.85. The van der Waals surface area contributed by atoms with E-state index in [1.807, 2.05) is 0 Å². The molecule has 0 heterocycles. The van der Waals surface area contributed by atoms with Crippen LogP contribution in [0, 0.1) is 0 Å². The molecule has 0 saturated heterocycles. The minimum absolute atomic E-state index is 0.466. The van der Waals surface area contributed by atoms with E-state index in [0.29, 0.717) is 5.56 Å². The van der Waals surface area contributed by atoms with Crippen LogP contribution in [0.5, 0.6) is 0 Å². The Bertz CT molecular complexity index is 411. The zero-order valence-electron chi connectivity index (χ0n) is 6.44. The van der Waals surface area contributed by atoms with Crippen LogP contribution in [0.3, 0.4) is 0 Å². The molecule has 0 amide bonds. The van der Waals surface area contributed by atoms with Crippen molar-refractivity contribution in [3.8, 4) is 0 Å². The average molecular weight is 265 g/mol. The van der Waals surface area contributed by atoms with Crippen molar-refractivity contribution >= 4 is 32.2 Å². The van der Waals surface area contributed by atoms with Gasteiger partial charge in [0, 0.05) is 0 Å². The summed E-state index contributed by atoms with van der Waals surface area (Å²) < 4.78 is 32.6. The van der Waals surface area contributed by atoms with E-state index < -0.39 is 14.0 Å². The van der Waals surface area contributed by atoms with Crippen molar-refractivity contribution < 1.29 is 12.3 Å². The summed E-state index contributed by atoms with van der Waals surface area (Å²) in [5.41, 5.74) is 0.621. The topological polar surface area (TPSA) is 34.1 Å². The molecule has 13 heavy (non-hydrogen) atoms. The third-order valence-electron chi connectivity index (χ3n) is 1.31. The number of hydrogen-bond acceptors (Lipinski definition) is 2. The van der Waals surface area contributed by atoms with E-state index in [1.165, 1.54) is 6.08 Å². The van der Waals surface area contributed by atoms with Gasteiger partial charge in [0.1, 0.15) is 3.81 Å². The molecule has 70 valence electrons. The van der Waals surface area contributed by atoms with E-state index in [-0.39, 0.29) is 0 Å². The van der Waals surface area contributed by atoms with Gasteiger partial charge < -0.3 is 0 Å². The van der Waals surface area contributed by atoms with Crippen LogP contribution in [-0.2, 0) is 10.2 Å². The number of rotatable bonds is 2. The van der Waals surface area contributed by atoms with Gasteiger partial charge in [0.15, 0.2) is 0 Å². The molecule has 0 N–H and O–H groups in total. The third-order valence-corrected chi connectivity index (χ3v) is 3.29. The molecule has 0 aliphatic rings. The van der Waals surface area contributed by atoms with Gasteiger partial charge in [0.05, 0.1) is 0 Å². The first-order valence-electron chi connectivity index (χ1n) is 3.37. The predicted octanol–water partition coefficient (Wildman–Crippen LogP) is 2.68. The summed E-state index contributed by atoms with van der Waals surface area (Å²) in [6.45, 7) is 0. The minimum Gasteiger partial charge on any atom is -0.189 e. The standard InChI is InChI=1S/C8H6BrFO2S/c9-8(13(10,11)12)6-7-4-2-1-3-5-7/h1-6H/b8-6+. The Morgan fingerprint density at radius 3 is 2.31 bits per heavy atom. The maximum Gasteiger partial charge on any atom is 0.338 e. The highest BCUT2D eigenvalue weighted by Gasteiger charge is 2.11. The Morgan fingerprint density at radius 2 is 1.85 bits per heavy atom. The van der Waals surface area contributed by atoms with Crippen molar-refractivity contribution in [3.63, 3.8) is 0 Å². The SMILES string of the molecule is O=S(=O)(F)/C(Br)=C/c1ccccc1. The maximum absolute atomic E-state index is 12.3. The molecule has 0 bridgehead atoms. The number of benzene rings is 1. The normalized spacial score (nSPS) is 12.9. The molecule has 0 spiro atoms. The second-order valence-corrected chi connectivity index (χ2v) is 4.99. The van der Waals surface area contributed by atoms with Crippen molar-refractivity contribution in [2.24, 2.45) is 0 Å². The van der Waals surface area contributed by atoms with E-state index >= 15 is 0 Å². The first-order valence-corrected chi connectivity index (χ1v) is 5.55. The van der Waals surface area contributed by atoms with E-state index in [0.717, 1.165) is 0 Å². The Kier molecular flexibility index (Phi) is 3.22. The lowest BCUT2D eigenvalue weighted by molar-refractivity contribution is 0.562. The highest BCUT2D eigenvalue weighted by Crippen LogP contribution is 2.19. The van der Waals surface area contributed by atoms with Crippen LogP contribution in [0.25, 0.3) is 6.08 Å². The molecule has 1 aromatic rings. The number of halogens is 2. The van der Waals surface area contributed by atoms with Crippen molar-refractivity contribution in [2.45, 2.75) is 0 Å². The van der Waals surface area contributed by atoms with Gasteiger partial charge in [0.2, 0.25) is 0 Å². The largest absolute Gasteiger partial charge is 0.338 e. The van der Waals surface area contributed by atoms with Crippen molar-refractivity contribution in [3.05, 3.63) is 39.7 Å². The molecule has 2 nitrogen and oxygen atoms in total. The average Bonchev–Trinajstić information content (AvgIpc) is 2.04. The lowest BCUT2D eigenvalue weighted by Crippen LogP contribution is -1.87. The van der Waals surface area contributed by atoms with Gasteiger partial charge in [-0.05, 0) is 27.6 Å². The summed E-state index contributed by atoms with van der Waals surface area (Å²) in [5, 5.41) is 0. The van der Waals surface area contributed by atoms with Gasteiger partial charge in [-0.3, -0.25) is 0 Å². The Morgan fingerprint density at radius 1 is 1.31 bits per heavy atom. The fourth-order valence-electron chi connectivity index (χ4n) is 0.751. The zero-order chi connectivity index (χ0) is 9.90. The molecule has 0 fully saturated rings. The third kappa shape index (κ3) is 3.28. The molecule has 0 aromatic heterocycles. The first kappa shape index (κ1) is 10.4. The quantitative estimate of drug-likeness (QED) is 0.770. The molecule has 1 rings (SSSR count). The van der Waals surface area contributed by atoms with Gasteiger partial charge in [-0.15, -0.1) is 0 Å². The van der Waals surface area contributed by atoms with Gasteiger partial charge in [-0.25, -0.2) is 0 Å². The summed E-state index contributed by atoms with van der Waals surface area (Å²) in [6, 6.07) is 8.60. The summed E-state index contributed by atoms with van der Waals surface area (Å²) in [6.07, 6.45) is 1.20. The minimum atomic E-state index is -4.62. The monoisotopic (exact) mass is 264 g/mol. The fraction of sp³-hybridized carbons (Fsp3) is 0. The van der Waals surface area contributed by atoms with E-state index in [4.69, 9.17) is 0 Å². The Labute approximate surface area is 84.4 Å². The van der Waals surface area contributed by atoms with Crippen molar-refractivity contribution in [1.29, 1.82) is 0 Å². The summed E-state index contributed by atoms with van der Waals surface area (Å²) in [5.74, 6) is 0. The molecule has 0 unspecified atom stereocenters. The smallest absolute Gasteiger partial charge is 0.189 e. The van der Waals surface area contributed by atoms with Gasteiger partial charge in [-0.2, -0.15) is 8.42 Å². The van der Waals surface area contributed by atoms with Crippen LogP contribution in [0.2, 0.25) is 0 Å². The molecule has 0 atom stereocenters.